The predicted octanol–water partition coefficient (Wildman–Crippen LogP) is -0.330. The summed E-state index contributed by atoms with van der Waals surface area (Å²) in [6.07, 6.45) is 8.73. The molecule has 1 heterocycles. The molecule has 1 saturated carbocycles. The summed E-state index contributed by atoms with van der Waals surface area (Å²) in [5.41, 5.74) is 3.90. The van der Waals surface area contributed by atoms with Crippen molar-refractivity contribution in [3.8, 4) is 0 Å². The molecule has 1 fully saturated rings. The van der Waals surface area contributed by atoms with Crippen molar-refractivity contribution in [3.63, 3.8) is 0 Å². The van der Waals surface area contributed by atoms with Crippen molar-refractivity contribution in [2.75, 3.05) is 0 Å². The van der Waals surface area contributed by atoms with Gasteiger partial charge in [0.1, 0.15) is 13.2 Å². The molecule has 0 unspecified atom stereocenters. The maximum Gasteiger partial charge on any atom is 0.203 e. The Morgan fingerprint density at radius 2 is 1.89 bits per heavy atom. The van der Waals surface area contributed by atoms with Crippen molar-refractivity contribution in [3.05, 3.63) is 29.8 Å². The number of benzene rings is 1. The molecule has 0 amide bonds. The van der Waals surface area contributed by atoms with Crippen molar-refractivity contribution >= 4 is 17.2 Å². The number of fused-ring (bicyclic) bond motifs is 1. The topological polar surface area (TPSA) is 21.7 Å². The molecule has 1 aromatic carbocycles. The lowest BCUT2D eigenvalue weighted by atomic mass is 9.96. The van der Waals surface area contributed by atoms with E-state index in [0.717, 1.165) is 0 Å². The molecule has 0 saturated heterocycles. The molecule has 1 aromatic heterocycles. The molecular weight excluding hydrogens is 337 g/mol. The molecule has 0 radical (unpaired) electrons. The predicted molar refractivity (Wildman–Crippen MR) is 68.3 cm³/mol. The van der Waals surface area contributed by atoms with Gasteiger partial charge in [0.05, 0.1) is 5.21 Å². The first-order chi connectivity index (χ1) is 8.34. The molecule has 0 bridgehead atoms. The highest BCUT2D eigenvalue weighted by Gasteiger charge is 2.14. The SMILES string of the molecule is C[n+]1nn(C=C2CCCCC2)c2ccccc21.[I-]. The lowest BCUT2D eigenvalue weighted by molar-refractivity contribution is -0.708. The Morgan fingerprint density at radius 1 is 1.17 bits per heavy atom. The summed E-state index contributed by atoms with van der Waals surface area (Å²) >= 11 is 0. The summed E-state index contributed by atoms with van der Waals surface area (Å²) in [6, 6.07) is 8.36. The largest absolute Gasteiger partial charge is 1.00 e. The summed E-state index contributed by atoms with van der Waals surface area (Å²) in [7, 11) is 2.00. The zero-order chi connectivity index (χ0) is 11.7. The first-order valence-electron chi connectivity index (χ1n) is 6.38. The fraction of sp³-hybridized carbons (Fsp3) is 0.429. The zero-order valence-corrected chi connectivity index (χ0v) is 12.8. The third-order valence-corrected chi connectivity index (χ3v) is 3.51. The summed E-state index contributed by atoms with van der Waals surface area (Å²) in [4.78, 5) is 0. The molecule has 96 valence electrons. The quantitative estimate of drug-likeness (QED) is 0.507. The molecule has 4 heteroatoms. The molecule has 1 aliphatic rings. The van der Waals surface area contributed by atoms with Gasteiger partial charge < -0.3 is 24.0 Å². The second-order valence-corrected chi connectivity index (χ2v) is 4.79. The number of halogens is 1. The molecule has 1 aliphatic carbocycles. The van der Waals surface area contributed by atoms with Crippen LogP contribution >= 0.6 is 0 Å². The van der Waals surface area contributed by atoms with E-state index >= 15 is 0 Å². The van der Waals surface area contributed by atoms with Crippen molar-refractivity contribution in [2.45, 2.75) is 32.1 Å². The lowest BCUT2D eigenvalue weighted by Gasteiger charge is -2.11. The van der Waals surface area contributed by atoms with E-state index in [1.54, 1.807) is 0 Å². The van der Waals surface area contributed by atoms with Crippen molar-refractivity contribution in [1.29, 1.82) is 0 Å². The van der Waals surface area contributed by atoms with E-state index in [-0.39, 0.29) is 24.0 Å². The van der Waals surface area contributed by atoms with Gasteiger partial charge in [-0.3, -0.25) is 0 Å². The number of hydrogen-bond acceptors (Lipinski definition) is 1. The van der Waals surface area contributed by atoms with E-state index in [0.29, 0.717) is 0 Å². The van der Waals surface area contributed by atoms with Crippen LogP contribution in [0, 0.1) is 0 Å². The van der Waals surface area contributed by atoms with Gasteiger partial charge in [-0.1, -0.05) is 18.6 Å². The standard InChI is InChI=1S/C14H18N3.HI/c1-16-13-9-5-6-10-14(13)17(15-16)11-12-7-3-2-4-8-12;/h5-6,9-11H,2-4,7-8H2,1H3;1H/q+1;/p-1. The number of nitrogens with zero attached hydrogens (tertiary/aromatic N) is 3. The first kappa shape index (κ1) is 13.5. The van der Waals surface area contributed by atoms with Crippen molar-refractivity contribution in [1.82, 2.24) is 9.90 Å². The minimum Gasteiger partial charge on any atom is -1.00 e. The second kappa shape index (κ2) is 5.82. The normalized spacial score (nSPS) is 15.5. The lowest BCUT2D eigenvalue weighted by Crippen LogP contribution is -3.00. The van der Waals surface area contributed by atoms with Gasteiger partial charge in [0, 0.05) is 0 Å². The third-order valence-electron chi connectivity index (χ3n) is 3.51. The van der Waals surface area contributed by atoms with Crippen LogP contribution in [0.25, 0.3) is 17.2 Å². The fourth-order valence-electron chi connectivity index (χ4n) is 2.58. The highest BCUT2D eigenvalue weighted by atomic mass is 127. The molecule has 2 aromatic rings. The van der Waals surface area contributed by atoms with Crippen molar-refractivity contribution < 1.29 is 28.7 Å². The molecule has 3 nitrogen and oxygen atoms in total. The Balaban J connectivity index is 0.00000120. The second-order valence-electron chi connectivity index (χ2n) is 4.79. The average molecular weight is 355 g/mol. The van der Waals surface area contributed by atoms with Gasteiger partial charge in [0.2, 0.25) is 5.52 Å². The van der Waals surface area contributed by atoms with Crippen LogP contribution in [0.3, 0.4) is 0 Å². The first-order valence-corrected chi connectivity index (χ1v) is 6.38. The van der Waals surface area contributed by atoms with E-state index in [4.69, 9.17) is 0 Å². The number of aryl methyl sites for hydroxylation is 1. The van der Waals surface area contributed by atoms with Gasteiger partial charge in [-0.2, -0.15) is 0 Å². The maximum atomic E-state index is 4.54. The number of allylic oxidation sites excluding steroid dienone is 1. The van der Waals surface area contributed by atoms with Gasteiger partial charge >= 0.3 is 0 Å². The molecule has 0 aliphatic heterocycles. The van der Waals surface area contributed by atoms with Gasteiger partial charge in [0.25, 0.3) is 0 Å². The van der Waals surface area contributed by atoms with Crippen LogP contribution in [0.1, 0.15) is 32.1 Å². The van der Waals surface area contributed by atoms with E-state index in [1.165, 1.54) is 48.7 Å². The van der Waals surface area contributed by atoms with Gasteiger partial charge in [-0.25, -0.2) is 0 Å². The van der Waals surface area contributed by atoms with Crippen LogP contribution < -0.4 is 28.7 Å². The number of aromatic nitrogens is 3. The minimum absolute atomic E-state index is 0. The summed E-state index contributed by atoms with van der Waals surface area (Å²) in [6.45, 7) is 0. The highest BCUT2D eigenvalue weighted by molar-refractivity contribution is 5.73. The average Bonchev–Trinajstić information content (AvgIpc) is 2.69. The van der Waals surface area contributed by atoms with Crippen LogP contribution in [0.4, 0.5) is 0 Å². The summed E-state index contributed by atoms with van der Waals surface area (Å²) in [5, 5.41) is 4.54. The Kier molecular flexibility index (Phi) is 4.37. The van der Waals surface area contributed by atoms with Gasteiger partial charge in [-0.05, 0) is 43.4 Å². The van der Waals surface area contributed by atoms with Crippen LogP contribution in [0.15, 0.2) is 29.8 Å². The van der Waals surface area contributed by atoms with E-state index in [9.17, 15) is 0 Å². The summed E-state index contributed by atoms with van der Waals surface area (Å²) in [5.74, 6) is 0. The third kappa shape index (κ3) is 2.58. The maximum absolute atomic E-state index is 4.54. The Hall–Kier alpha value is -0.910. The smallest absolute Gasteiger partial charge is 0.203 e. The van der Waals surface area contributed by atoms with E-state index in [1.807, 2.05) is 16.4 Å². The van der Waals surface area contributed by atoms with Gasteiger partial charge in [-0.15, -0.1) is 9.36 Å². The minimum atomic E-state index is 0. The Bertz CT molecular complexity index is 563. The highest BCUT2D eigenvalue weighted by Crippen LogP contribution is 2.23. The van der Waals surface area contributed by atoms with Gasteiger partial charge in [0.15, 0.2) is 5.52 Å². The molecule has 0 spiro atoms. The summed E-state index contributed by atoms with van der Waals surface area (Å²) < 4.78 is 3.96. The zero-order valence-electron chi connectivity index (χ0n) is 10.6. The molecular formula is C14H18IN3. The number of hydrogen-bond donors (Lipinski definition) is 0. The molecule has 3 rings (SSSR count). The van der Waals surface area contributed by atoms with E-state index in [2.05, 4.69) is 35.7 Å². The van der Waals surface area contributed by atoms with Crippen LogP contribution in [-0.2, 0) is 7.05 Å². The van der Waals surface area contributed by atoms with Crippen LogP contribution in [-0.4, -0.2) is 9.90 Å². The molecule has 0 atom stereocenters. The molecule has 0 N–H and O–H groups in total. The fourth-order valence-corrected chi connectivity index (χ4v) is 2.58. The Labute approximate surface area is 124 Å². The van der Waals surface area contributed by atoms with E-state index < -0.39 is 0 Å². The number of rotatable bonds is 1. The van der Waals surface area contributed by atoms with Crippen LogP contribution in [0.5, 0.6) is 0 Å². The Morgan fingerprint density at radius 3 is 2.67 bits per heavy atom. The molecule has 18 heavy (non-hydrogen) atoms. The van der Waals surface area contributed by atoms with Crippen LogP contribution in [0.2, 0.25) is 0 Å². The number of para-hydroxylation sites is 2. The monoisotopic (exact) mass is 355 g/mol. The van der Waals surface area contributed by atoms with Crippen molar-refractivity contribution in [2.24, 2.45) is 7.05 Å².